The lowest BCUT2D eigenvalue weighted by atomic mass is 9.86. The summed E-state index contributed by atoms with van der Waals surface area (Å²) in [6.45, 7) is 5.72. The molecule has 0 aromatic heterocycles. The van der Waals surface area contributed by atoms with Crippen LogP contribution in [-0.4, -0.2) is 46.1 Å². The summed E-state index contributed by atoms with van der Waals surface area (Å²) in [5.74, 6) is 0.118. The van der Waals surface area contributed by atoms with Gasteiger partial charge in [-0.2, -0.15) is 5.10 Å². The van der Waals surface area contributed by atoms with Crippen LogP contribution >= 0.6 is 0 Å². The molecule has 2 aliphatic rings. The van der Waals surface area contributed by atoms with Gasteiger partial charge in [0.25, 0.3) is 0 Å². The maximum atomic E-state index is 12.0. The van der Waals surface area contributed by atoms with Crippen molar-refractivity contribution in [2.45, 2.75) is 57.6 Å². The van der Waals surface area contributed by atoms with Crippen molar-refractivity contribution in [1.82, 2.24) is 10.3 Å². The van der Waals surface area contributed by atoms with Crippen LogP contribution in [0.25, 0.3) is 11.1 Å². The molecular weight excluding hydrogens is 406 g/mol. The van der Waals surface area contributed by atoms with Crippen LogP contribution in [0.3, 0.4) is 0 Å². The summed E-state index contributed by atoms with van der Waals surface area (Å²) in [5, 5.41) is 14.0. The number of carboxylic acid groups (broad SMARTS) is 1. The predicted molar refractivity (Wildman–Crippen MR) is 123 cm³/mol. The zero-order valence-electron chi connectivity index (χ0n) is 18.7. The molecule has 4 rings (SSSR count). The Morgan fingerprint density at radius 2 is 1.69 bits per heavy atom. The van der Waals surface area contributed by atoms with E-state index in [2.05, 4.69) is 34.8 Å². The highest BCUT2D eigenvalue weighted by atomic mass is 16.6. The Labute approximate surface area is 188 Å². The molecule has 0 radical (unpaired) electrons. The van der Waals surface area contributed by atoms with E-state index < -0.39 is 17.8 Å². The summed E-state index contributed by atoms with van der Waals surface area (Å²) < 4.78 is 5.24. The van der Waals surface area contributed by atoms with Crippen molar-refractivity contribution in [3.8, 4) is 11.1 Å². The first-order valence-electron chi connectivity index (χ1n) is 10.9. The Kier molecular flexibility index (Phi) is 5.91. The standard InChI is InChI=1S/C25H29N3O4/c1-25(2,3)32-23(29)27-26-16-12-13-28(24(30)31)17(14-16)15-22-20-10-6-4-8-18(20)19-9-5-7-11-21(19)22/h4-11,17,22H,12-15H2,1-3H3,(H,27,29)(H,30,31)/b26-16-. The Balaban J connectivity index is 1.55. The molecule has 1 unspecified atom stereocenters. The number of hydrogen-bond acceptors (Lipinski definition) is 4. The first kappa shape index (κ1) is 21.9. The fraction of sp³-hybridized carbons (Fsp3) is 0.400. The van der Waals surface area contributed by atoms with E-state index in [9.17, 15) is 14.7 Å². The second-order valence-corrected chi connectivity index (χ2v) is 9.34. The monoisotopic (exact) mass is 435 g/mol. The Morgan fingerprint density at radius 3 is 2.25 bits per heavy atom. The number of carbonyl (C=O) groups excluding carboxylic acids is 1. The highest BCUT2D eigenvalue weighted by molar-refractivity contribution is 5.88. The number of hydrogen-bond donors (Lipinski definition) is 2. The maximum Gasteiger partial charge on any atom is 0.428 e. The van der Waals surface area contributed by atoms with Crippen LogP contribution in [0, 0.1) is 0 Å². The molecule has 1 aliphatic carbocycles. The molecule has 1 fully saturated rings. The number of nitrogens with zero attached hydrogens (tertiary/aromatic N) is 2. The summed E-state index contributed by atoms with van der Waals surface area (Å²) in [5.41, 5.74) is 7.52. The van der Waals surface area contributed by atoms with E-state index in [4.69, 9.17) is 4.74 Å². The van der Waals surface area contributed by atoms with Crippen LogP contribution in [0.4, 0.5) is 9.59 Å². The van der Waals surface area contributed by atoms with Gasteiger partial charge in [-0.15, -0.1) is 0 Å². The van der Waals surface area contributed by atoms with Crippen LogP contribution in [0.1, 0.15) is 57.1 Å². The van der Waals surface area contributed by atoms with E-state index in [0.29, 0.717) is 25.8 Å². The number of hydrazone groups is 1. The lowest BCUT2D eigenvalue weighted by Crippen LogP contribution is -2.46. The molecule has 0 bridgehead atoms. The number of fused-ring (bicyclic) bond motifs is 3. The number of ether oxygens (including phenoxy) is 1. The molecule has 168 valence electrons. The highest BCUT2D eigenvalue weighted by Gasteiger charge is 2.36. The predicted octanol–water partition coefficient (Wildman–Crippen LogP) is 5.21. The summed E-state index contributed by atoms with van der Waals surface area (Å²) in [6.07, 6.45) is 0.0834. The molecule has 2 amide bonds. The first-order valence-corrected chi connectivity index (χ1v) is 10.9. The molecule has 0 spiro atoms. The van der Waals surface area contributed by atoms with Crippen molar-refractivity contribution in [2.75, 3.05) is 6.54 Å². The SMILES string of the molecule is CC(C)(C)OC(=O)N/N=C1/CCN(C(=O)O)C(CC2c3ccccc3-c3ccccc32)C1. The molecule has 2 aromatic carbocycles. The van der Waals surface area contributed by atoms with Crippen molar-refractivity contribution in [3.05, 3.63) is 59.7 Å². The van der Waals surface area contributed by atoms with Crippen molar-refractivity contribution in [1.29, 1.82) is 0 Å². The normalized spacial score (nSPS) is 19.4. The molecule has 1 heterocycles. The number of nitrogens with one attached hydrogen (secondary N) is 1. The number of piperidine rings is 1. The van der Waals surface area contributed by atoms with E-state index in [1.54, 1.807) is 20.8 Å². The van der Waals surface area contributed by atoms with E-state index in [1.165, 1.54) is 27.2 Å². The molecule has 32 heavy (non-hydrogen) atoms. The van der Waals surface area contributed by atoms with Gasteiger partial charge in [0.2, 0.25) is 0 Å². The van der Waals surface area contributed by atoms with Gasteiger partial charge in [-0.3, -0.25) is 0 Å². The molecule has 1 atom stereocenters. The van der Waals surface area contributed by atoms with Gasteiger partial charge in [-0.05, 0) is 49.4 Å². The lowest BCUT2D eigenvalue weighted by molar-refractivity contribution is 0.0527. The average molecular weight is 436 g/mol. The summed E-state index contributed by atoms with van der Waals surface area (Å²) >= 11 is 0. The second kappa shape index (κ2) is 8.65. The minimum Gasteiger partial charge on any atom is -0.465 e. The smallest absolute Gasteiger partial charge is 0.428 e. The van der Waals surface area contributed by atoms with Gasteiger partial charge in [0.15, 0.2) is 0 Å². The zero-order valence-corrected chi connectivity index (χ0v) is 18.7. The van der Waals surface area contributed by atoms with Gasteiger partial charge in [0, 0.05) is 37.1 Å². The molecule has 7 heteroatoms. The van der Waals surface area contributed by atoms with Crippen LogP contribution in [-0.2, 0) is 4.74 Å². The number of rotatable bonds is 3. The lowest BCUT2D eigenvalue weighted by Gasteiger charge is -2.36. The van der Waals surface area contributed by atoms with E-state index >= 15 is 0 Å². The molecule has 1 aliphatic heterocycles. The molecule has 7 nitrogen and oxygen atoms in total. The van der Waals surface area contributed by atoms with Crippen LogP contribution in [0.2, 0.25) is 0 Å². The van der Waals surface area contributed by atoms with Gasteiger partial charge in [0.05, 0.1) is 0 Å². The second-order valence-electron chi connectivity index (χ2n) is 9.34. The third-order valence-corrected chi connectivity index (χ3v) is 5.97. The van der Waals surface area contributed by atoms with Crippen LogP contribution in [0.15, 0.2) is 53.6 Å². The number of benzene rings is 2. The number of carbonyl (C=O) groups is 2. The maximum absolute atomic E-state index is 12.0. The first-order chi connectivity index (χ1) is 15.2. The molecule has 2 aromatic rings. The Morgan fingerprint density at radius 1 is 1.09 bits per heavy atom. The Bertz CT molecular complexity index is 1010. The van der Waals surface area contributed by atoms with Gasteiger partial charge in [-0.1, -0.05) is 48.5 Å². The molecular formula is C25H29N3O4. The number of likely N-dealkylation sites (tertiary alicyclic amines) is 1. The topological polar surface area (TPSA) is 91.2 Å². The summed E-state index contributed by atoms with van der Waals surface area (Å²) in [4.78, 5) is 25.4. The van der Waals surface area contributed by atoms with Crippen LogP contribution in [0.5, 0.6) is 0 Å². The van der Waals surface area contributed by atoms with Gasteiger partial charge in [-0.25, -0.2) is 15.0 Å². The van der Waals surface area contributed by atoms with Gasteiger partial charge < -0.3 is 14.7 Å². The number of amides is 2. The van der Waals surface area contributed by atoms with Crippen molar-refractivity contribution in [2.24, 2.45) is 5.10 Å². The fourth-order valence-corrected chi connectivity index (χ4v) is 4.69. The average Bonchev–Trinajstić information content (AvgIpc) is 3.05. The van der Waals surface area contributed by atoms with E-state index in [-0.39, 0.29) is 12.0 Å². The van der Waals surface area contributed by atoms with Crippen molar-refractivity contribution >= 4 is 17.9 Å². The Hall–Kier alpha value is -3.35. The largest absolute Gasteiger partial charge is 0.465 e. The van der Waals surface area contributed by atoms with E-state index in [1.807, 2.05) is 24.3 Å². The van der Waals surface area contributed by atoms with Crippen molar-refractivity contribution < 1.29 is 19.4 Å². The quantitative estimate of drug-likeness (QED) is 0.647. The highest BCUT2D eigenvalue weighted by Crippen LogP contribution is 2.47. The zero-order chi connectivity index (χ0) is 22.9. The van der Waals surface area contributed by atoms with E-state index in [0.717, 1.165) is 5.71 Å². The third-order valence-electron chi connectivity index (χ3n) is 5.97. The van der Waals surface area contributed by atoms with Crippen LogP contribution < -0.4 is 5.43 Å². The third kappa shape index (κ3) is 4.61. The minimum atomic E-state index is -0.922. The summed E-state index contributed by atoms with van der Waals surface area (Å²) in [6, 6.07) is 16.4. The van der Waals surface area contributed by atoms with Gasteiger partial charge >= 0.3 is 12.2 Å². The molecule has 2 N–H and O–H groups in total. The molecule has 1 saturated heterocycles. The summed E-state index contributed by atoms with van der Waals surface area (Å²) in [7, 11) is 0. The van der Waals surface area contributed by atoms with Gasteiger partial charge in [0.1, 0.15) is 5.60 Å². The fourth-order valence-electron chi connectivity index (χ4n) is 4.69. The minimum absolute atomic E-state index is 0.118. The van der Waals surface area contributed by atoms with Crippen molar-refractivity contribution in [3.63, 3.8) is 0 Å². The molecule has 0 saturated carbocycles.